The second-order valence-electron chi connectivity index (χ2n) is 5.16. The summed E-state index contributed by atoms with van der Waals surface area (Å²) in [6.45, 7) is 6.56. The van der Waals surface area contributed by atoms with E-state index in [-0.39, 0.29) is 0 Å². The molecule has 0 amide bonds. The van der Waals surface area contributed by atoms with Crippen LogP contribution in [0.15, 0.2) is 42.5 Å². The molecular formula is C18H18. The highest BCUT2D eigenvalue weighted by Crippen LogP contribution is 2.30. The molecule has 3 aromatic rings. The number of aryl methyl sites for hydroxylation is 3. The first-order chi connectivity index (χ1) is 8.69. The van der Waals surface area contributed by atoms with Crippen LogP contribution in [-0.2, 0) is 6.42 Å². The summed E-state index contributed by atoms with van der Waals surface area (Å²) in [5.41, 5.74) is 4.11. The van der Waals surface area contributed by atoms with Gasteiger partial charge in [-0.25, -0.2) is 0 Å². The standard InChI is InChI=1S/C18H18/c1-4-14-11-15-7-5-12(2)9-17(15)18-10-13(3)6-8-16(14)18/h5-11H,4H2,1-3H3. The van der Waals surface area contributed by atoms with Gasteiger partial charge in [0.2, 0.25) is 0 Å². The lowest BCUT2D eigenvalue weighted by Gasteiger charge is -2.10. The fourth-order valence-corrected chi connectivity index (χ4v) is 2.75. The average Bonchev–Trinajstić information content (AvgIpc) is 2.38. The maximum absolute atomic E-state index is 2.34. The first-order valence-corrected chi connectivity index (χ1v) is 6.61. The summed E-state index contributed by atoms with van der Waals surface area (Å²) in [7, 11) is 0. The molecular weight excluding hydrogens is 216 g/mol. The number of rotatable bonds is 1. The van der Waals surface area contributed by atoms with Gasteiger partial charge in [-0.2, -0.15) is 0 Å². The smallest absolute Gasteiger partial charge is 0.00999 e. The van der Waals surface area contributed by atoms with Crippen molar-refractivity contribution in [2.75, 3.05) is 0 Å². The number of benzene rings is 3. The van der Waals surface area contributed by atoms with Crippen LogP contribution in [0, 0.1) is 13.8 Å². The van der Waals surface area contributed by atoms with Crippen molar-refractivity contribution >= 4 is 21.5 Å². The Bertz CT molecular complexity index is 736. The zero-order valence-electron chi connectivity index (χ0n) is 11.2. The maximum atomic E-state index is 2.34. The van der Waals surface area contributed by atoms with Crippen LogP contribution in [0.2, 0.25) is 0 Å². The van der Waals surface area contributed by atoms with Gasteiger partial charge in [0.25, 0.3) is 0 Å². The van der Waals surface area contributed by atoms with E-state index in [2.05, 4.69) is 63.2 Å². The summed E-state index contributed by atoms with van der Waals surface area (Å²) < 4.78 is 0. The zero-order chi connectivity index (χ0) is 12.7. The van der Waals surface area contributed by atoms with Gasteiger partial charge in [0.15, 0.2) is 0 Å². The fourth-order valence-electron chi connectivity index (χ4n) is 2.75. The molecule has 0 aliphatic heterocycles. The predicted octanol–water partition coefficient (Wildman–Crippen LogP) is 5.17. The van der Waals surface area contributed by atoms with Gasteiger partial charge in [0, 0.05) is 0 Å². The normalized spacial score (nSPS) is 11.3. The van der Waals surface area contributed by atoms with Crippen LogP contribution in [0.4, 0.5) is 0 Å². The summed E-state index contributed by atoms with van der Waals surface area (Å²) in [4.78, 5) is 0. The quantitative estimate of drug-likeness (QED) is 0.509. The molecule has 0 atom stereocenters. The second-order valence-corrected chi connectivity index (χ2v) is 5.16. The topological polar surface area (TPSA) is 0 Å². The minimum atomic E-state index is 1.09. The van der Waals surface area contributed by atoms with Crippen molar-refractivity contribution in [3.8, 4) is 0 Å². The third-order valence-corrected chi connectivity index (χ3v) is 3.73. The third kappa shape index (κ3) is 1.69. The monoisotopic (exact) mass is 234 g/mol. The molecule has 0 spiro atoms. The predicted molar refractivity (Wildman–Crippen MR) is 80.3 cm³/mol. The Kier molecular flexibility index (Phi) is 2.59. The minimum Gasteiger partial charge on any atom is -0.0613 e. The van der Waals surface area contributed by atoms with Gasteiger partial charge in [-0.3, -0.25) is 0 Å². The zero-order valence-corrected chi connectivity index (χ0v) is 11.2. The van der Waals surface area contributed by atoms with E-state index in [1.165, 1.54) is 38.2 Å². The molecule has 0 fully saturated rings. The number of fused-ring (bicyclic) bond motifs is 3. The Hall–Kier alpha value is -1.82. The highest BCUT2D eigenvalue weighted by molar-refractivity contribution is 6.09. The van der Waals surface area contributed by atoms with Crippen molar-refractivity contribution in [2.45, 2.75) is 27.2 Å². The lowest BCUT2D eigenvalue weighted by molar-refractivity contribution is 1.16. The maximum Gasteiger partial charge on any atom is -0.00999 e. The van der Waals surface area contributed by atoms with Crippen molar-refractivity contribution in [3.63, 3.8) is 0 Å². The average molecular weight is 234 g/mol. The molecule has 18 heavy (non-hydrogen) atoms. The van der Waals surface area contributed by atoms with E-state index in [9.17, 15) is 0 Å². The largest absolute Gasteiger partial charge is 0.0613 e. The second kappa shape index (κ2) is 4.13. The van der Waals surface area contributed by atoms with Gasteiger partial charge in [0.1, 0.15) is 0 Å². The highest BCUT2D eigenvalue weighted by atomic mass is 14.1. The highest BCUT2D eigenvalue weighted by Gasteiger charge is 2.05. The van der Waals surface area contributed by atoms with Gasteiger partial charge >= 0.3 is 0 Å². The molecule has 0 heterocycles. The first-order valence-electron chi connectivity index (χ1n) is 6.61. The minimum absolute atomic E-state index is 1.09. The fraction of sp³-hybridized carbons (Fsp3) is 0.222. The molecule has 0 unspecified atom stereocenters. The number of hydrogen-bond acceptors (Lipinski definition) is 0. The molecule has 0 heteroatoms. The Balaban J connectivity index is 2.55. The molecule has 0 N–H and O–H groups in total. The van der Waals surface area contributed by atoms with Gasteiger partial charge in [-0.15, -0.1) is 0 Å². The van der Waals surface area contributed by atoms with Crippen LogP contribution in [0.1, 0.15) is 23.6 Å². The van der Waals surface area contributed by atoms with Crippen LogP contribution >= 0.6 is 0 Å². The van der Waals surface area contributed by atoms with Gasteiger partial charge in [-0.05, 0) is 47.4 Å². The SMILES string of the molecule is CCc1cc2ccc(C)cc2c2cc(C)ccc12. The van der Waals surface area contributed by atoms with Crippen molar-refractivity contribution in [3.05, 3.63) is 59.2 Å². The van der Waals surface area contributed by atoms with Crippen molar-refractivity contribution < 1.29 is 0 Å². The van der Waals surface area contributed by atoms with Gasteiger partial charge in [-0.1, -0.05) is 60.5 Å². The molecule has 0 aliphatic carbocycles. The van der Waals surface area contributed by atoms with Crippen molar-refractivity contribution in [2.24, 2.45) is 0 Å². The Morgan fingerprint density at radius 1 is 0.722 bits per heavy atom. The van der Waals surface area contributed by atoms with E-state index in [0.29, 0.717) is 0 Å². The molecule has 0 saturated heterocycles. The molecule has 0 radical (unpaired) electrons. The van der Waals surface area contributed by atoms with E-state index in [0.717, 1.165) is 6.42 Å². The van der Waals surface area contributed by atoms with E-state index in [4.69, 9.17) is 0 Å². The van der Waals surface area contributed by atoms with Crippen LogP contribution in [0.25, 0.3) is 21.5 Å². The molecule has 90 valence electrons. The van der Waals surface area contributed by atoms with Gasteiger partial charge in [0.05, 0.1) is 0 Å². The lowest BCUT2D eigenvalue weighted by atomic mass is 9.94. The molecule has 0 nitrogen and oxygen atoms in total. The van der Waals surface area contributed by atoms with Gasteiger partial charge < -0.3 is 0 Å². The lowest BCUT2D eigenvalue weighted by Crippen LogP contribution is -1.88. The van der Waals surface area contributed by atoms with E-state index < -0.39 is 0 Å². The van der Waals surface area contributed by atoms with E-state index in [1.54, 1.807) is 0 Å². The number of hydrogen-bond donors (Lipinski definition) is 0. The summed E-state index contributed by atoms with van der Waals surface area (Å²) in [6, 6.07) is 15.9. The molecule has 3 aromatic carbocycles. The van der Waals surface area contributed by atoms with Crippen molar-refractivity contribution in [1.29, 1.82) is 0 Å². The Morgan fingerprint density at radius 3 is 2.11 bits per heavy atom. The summed E-state index contributed by atoms with van der Waals surface area (Å²) in [5.74, 6) is 0. The summed E-state index contributed by atoms with van der Waals surface area (Å²) >= 11 is 0. The third-order valence-electron chi connectivity index (χ3n) is 3.73. The van der Waals surface area contributed by atoms with Crippen LogP contribution in [-0.4, -0.2) is 0 Å². The Labute approximate surface area is 108 Å². The molecule has 0 saturated carbocycles. The van der Waals surface area contributed by atoms with E-state index >= 15 is 0 Å². The first kappa shape index (κ1) is 11.3. The summed E-state index contributed by atoms with van der Waals surface area (Å²) in [5, 5.41) is 5.54. The van der Waals surface area contributed by atoms with Crippen LogP contribution < -0.4 is 0 Å². The molecule has 3 rings (SSSR count). The molecule has 0 aliphatic rings. The summed E-state index contributed by atoms with van der Waals surface area (Å²) in [6.07, 6.45) is 1.09. The van der Waals surface area contributed by atoms with Crippen LogP contribution in [0.5, 0.6) is 0 Å². The molecule has 0 aromatic heterocycles. The van der Waals surface area contributed by atoms with E-state index in [1.807, 2.05) is 0 Å². The van der Waals surface area contributed by atoms with Crippen LogP contribution in [0.3, 0.4) is 0 Å². The van der Waals surface area contributed by atoms with Crippen molar-refractivity contribution in [1.82, 2.24) is 0 Å². The molecule has 0 bridgehead atoms. The Morgan fingerprint density at radius 2 is 1.39 bits per heavy atom.